The normalized spacial score (nSPS) is 14.3. The van der Waals surface area contributed by atoms with E-state index in [2.05, 4.69) is 34.9 Å². The van der Waals surface area contributed by atoms with Crippen LogP contribution in [-0.4, -0.2) is 61.6 Å². The molecule has 4 aromatic rings. The third-order valence-electron chi connectivity index (χ3n) is 5.86. The van der Waals surface area contributed by atoms with Crippen LogP contribution in [0.2, 0.25) is 0 Å². The summed E-state index contributed by atoms with van der Waals surface area (Å²) in [6, 6.07) is 4.58. The van der Waals surface area contributed by atoms with Crippen LogP contribution in [0, 0.1) is 13.8 Å². The lowest BCUT2D eigenvalue weighted by Gasteiger charge is -2.25. The molecule has 1 N–H and O–H groups in total. The first-order chi connectivity index (χ1) is 18.5. The molecule has 0 aliphatic carbocycles. The summed E-state index contributed by atoms with van der Waals surface area (Å²) in [5.74, 6) is 1.83. The topological polar surface area (TPSA) is 160 Å². The standard InChI is InChI=1S/C25H32N8O5S/c1-14(2)37-21(22-26-11-15(3)12-27-22)18(6)39(34,35)32-25-31-30-23(19-9-8-10-20(29-19)36-7)33(25)17(5)24-28-13-16(4)38-24/h8-14,17-18,21H,1-7H3,(H,31,32)/t17-,18?,21?/m1/s1. The van der Waals surface area contributed by atoms with Crippen LogP contribution < -0.4 is 9.46 Å². The molecule has 39 heavy (non-hydrogen) atoms. The van der Waals surface area contributed by atoms with Gasteiger partial charge in [-0.1, -0.05) is 6.07 Å². The van der Waals surface area contributed by atoms with Gasteiger partial charge in [0.25, 0.3) is 0 Å². The summed E-state index contributed by atoms with van der Waals surface area (Å²) in [7, 11) is -2.60. The highest BCUT2D eigenvalue weighted by molar-refractivity contribution is 7.93. The van der Waals surface area contributed by atoms with Crippen molar-refractivity contribution in [1.82, 2.24) is 34.7 Å². The van der Waals surface area contributed by atoms with Gasteiger partial charge in [0.15, 0.2) is 11.6 Å². The fourth-order valence-corrected chi connectivity index (χ4v) is 4.93. The van der Waals surface area contributed by atoms with Crippen LogP contribution >= 0.6 is 0 Å². The van der Waals surface area contributed by atoms with Crippen LogP contribution in [0.3, 0.4) is 0 Å². The van der Waals surface area contributed by atoms with E-state index in [4.69, 9.17) is 13.9 Å². The van der Waals surface area contributed by atoms with E-state index >= 15 is 0 Å². The number of hydrogen-bond acceptors (Lipinski definition) is 11. The van der Waals surface area contributed by atoms with Gasteiger partial charge in [0.2, 0.25) is 27.7 Å². The quantitative estimate of drug-likeness (QED) is 0.287. The van der Waals surface area contributed by atoms with Crippen LogP contribution in [0.25, 0.3) is 11.5 Å². The zero-order chi connectivity index (χ0) is 28.3. The van der Waals surface area contributed by atoms with Gasteiger partial charge in [-0.3, -0.25) is 9.29 Å². The molecule has 0 saturated carbocycles. The average molecular weight is 557 g/mol. The minimum atomic E-state index is -4.11. The molecule has 0 aliphatic rings. The molecule has 0 bridgehead atoms. The van der Waals surface area contributed by atoms with Gasteiger partial charge in [0, 0.05) is 18.5 Å². The summed E-state index contributed by atoms with van der Waals surface area (Å²) in [5.41, 5.74) is 1.27. The number of sulfonamides is 1. The van der Waals surface area contributed by atoms with Gasteiger partial charge in [0.05, 0.1) is 19.4 Å². The van der Waals surface area contributed by atoms with E-state index in [0.29, 0.717) is 29.0 Å². The molecule has 0 radical (unpaired) electrons. The largest absolute Gasteiger partial charge is 0.481 e. The maximum absolute atomic E-state index is 13.7. The Hall–Kier alpha value is -3.91. The number of oxazole rings is 1. The molecular weight excluding hydrogens is 524 g/mol. The number of pyridine rings is 1. The molecular formula is C25H32N8O5S. The van der Waals surface area contributed by atoms with Crippen molar-refractivity contribution in [1.29, 1.82) is 0 Å². The van der Waals surface area contributed by atoms with Crippen molar-refractivity contribution in [2.45, 2.75) is 65.0 Å². The summed E-state index contributed by atoms with van der Waals surface area (Å²) in [6.07, 6.45) is 3.61. The molecule has 0 spiro atoms. The molecule has 13 nitrogen and oxygen atoms in total. The number of rotatable bonds is 11. The number of nitrogens with zero attached hydrogens (tertiary/aromatic N) is 7. The van der Waals surface area contributed by atoms with Gasteiger partial charge in [-0.15, -0.1) is 10.2 Å². The Morgan fingerprint density at radius 2 is 1.72 bits per heavy atom. The lowest BCUT2D eigenvalue weighted by molar-refractivity contribution is 0.00152. The predicted octanol–water partition coefficient (Wildman–Crippen LogP) is 3.65. The Balaban J connectivity index is 1.75. The van der Waals surface area contributed by atoms with E-state index < -0.39 is 27.4 Å². The SMILES string of the molecule is COc1cccc(-c2nnc(NS(=O)(=O)C(C)C(OC(C)C)c3ncc(C)cn3)n2[C@H](C)c2ncc(C)o2)n1. The summed E-state index contributed by atoms with van der Waals surface area (Å²) in [6.45, 7) is 10.6. The maximum atomic E-state index is 13.7. The Bertz CT molecular complexity index is 1520. The molecule has 0 aliphatic heterocycles. The zero-order valence-electron chi connectivity index (χ0n) is 22.9. The van der Waals surface area contributed by atoms with Crippen molar-refractivity contribution in [2.24, 2.45) is 0 Å². The van der Waals surface area contributed by atoms with Gasteiger partial charge in [0.1, 0.15) is 28.8 Å². The van der Waals surface area contributed by atoms with E-state index in [1.165, 1.54) is 14.0 Å². The van der Waals surface area contributed by atoms with E-state index in [9.17, 15) is 8.42 Å². The number of hydrogen-bond donors (Lipinski definition) is 1. The molecule has 0 amide bonds. The van der Waals surface area contributed by atoms with Gasteiger partial charge in [-0.25, -0.2) is 28.4 Å². The first kappa shape index (κ1) is 28.1. The van der Waals surface area contributed by atoms with Gasteiger partial charge in [-0.05, 0) is 53.2 Å². The lowest BCUT2D eigenvalue weighted by Crippen LogP contribution is -2.35. The lowest BCUT2D eigenvalue weighted by atomic mass is 10.2. The Morgan fingerprint density at radius 1 is 1.00 bits per heavy atom. The van der Waals surface area contributed by atoms with Crippen LogP contribution in [0.5, 0.6) is 5.88 Å². The number of anilines is 1. The first-order valence-electron chi connectivity index (χ1n) is 12.3. The Labute approximate surface area is 227 Å². The monoisotopic (exact) mass is 556 g/mol. The number of aromatic nitrogens is 7. The predicted molar refractivity (Wildman–Crippen MR) is 143 cm³/mol. The van der Waals surface area contributed by atoms with E-state index in [0.717, 1.165) is 5.56 Å². The number of aryl methyl sites for hydroxylation is 2. The van der Waals surface area contributed by atoms with Crippen LogP contribution in [0.1, 0.15) is 62.9 Å². The van der Waals surface area contributed by atoms with E-state index in [-0.39, 0.29) is 17.9 Å². The highest BCUT2D eigenvalue weighted by atomic mass is 32.2. The first-order valence-corrected chi connectivity index (χ1v) is 13.9. The highest BCUT2D eigenvalue weighted by Gasteiger charge is 2.36. The summed E-state index contributed by atoms with van der Waals surface area (Å²) >= 11 is 0. The highest BCUT2D eigenvalue weighted by Crippen LogP contribution is 2.31. The van der Waals surface area contributed by atoms with Crippen molar-refractivity contribution in [2.75, 3.05) is 11.8 Å². The second-order valence-electron chi connectivity index (χ2n) is 9.34. The van der Waals surface area contributed by atoms with Crippen molar-refractivity contribution in [3.8, 4) is 17.4 Å². The minimum Gasteiger partial charge on any atom is -0.481 e. The molecule has 208 valence electrons. The molecule has 4 heterocycles. The minimum absolute atomic E-state index is 0.0436. The molecule has 14 heteroatoms. The van der Waals surface area contributed by atoms with Crippen LogP contribution in [0.4, 0.5) is 5.95 Å². The van der Waals surface area contributed by atoms with Crippen molar-refractivity contribution < 1.29 is 22.3 Å². The molecule has 0 fully saturated rings. The van der Waals surface area contributed by atoms with Crippen LogP contribution in [0.15, 0.2) is 41.2 Å². The summed E-state index contributed by atoms with van der Waals surface area (Å²) in [5, 5.41) is 7.34. The summed E-state index contributed by atoms with van der Waals surface area (Å²) < 4.78 is 48.6. The van der Waals surface area contributed by atoms with Crippen molar-refractivity contribution in [3.63, 3.8) is 0 Å². The third-order valence-corrected chi connectivity index (χ3v) is 7.56. The average Bonchev–Trinajstić information content (AvgIpc) is 3.53. The smallest absolute Gasteiger partial charge is 0.240 e. The number of nitrogens with one attached hydrogen (secondary N) is 1. The molecule has 3 atom stereocenters. The Morgan fingerprint density at radius 3 is 2.33 bits per heavy atom. The van der Waals surface area contributed by atoms with Crippen molar-refractivity contribution in [3.05, 3.63) is 59.8 Å². The number of ether oxygens (including phenoxy) is 2. The van der Waals surface area contributed by atoms with Gasteiger partial charge in [-0.2, -0.15) is 0 Å². The molecule has 0 saturated heterocycles. The fraction of sp³-hybridized carbons (Fsp3) is 0.440. The molecule has 4 aromatic heterocycles. The van der Waals surface area contributed by atoms with Crippen LogP contribution in [-0.2, 0) is 14.8 Å². The second kappa shape index (κ2) is 11.5. The molecule has 2 unspecified atom stereocenters. The van der Waals surface area contributed by atoms with E-state index in [1.54, 1.807) is 55.2 Å². The summed E-state index contributed by atoms with van der Waals surface area (Å²) in [4.78, 5) is 17.4. The number of methoxy groups -OCH3 is 1. The molecule has 0 aromatic carbocycles. The second-order valence-corrected chi connectivity index (χ2v) is 11.4. The zero-order valence-corrected chi connectivity index (χ0v) is 23.7. The van der Waals surface area contributed by atoms with Crippen molar-refractivity contribution >= 4 is 16.0 Å². The van der Waals surface area contributed by atoms with Gasteiger partial charge < -0.3 is 13.9 Å². The fourth-order valence-electron chi connectivity index (χ4n) is 3.84. The molecule has 4 rings (SSSR count). The van der Waals surface area contributed by atoms with Gasteiger partial charge >= 0.3 is 0 Å². The Kier molecular flexibility index (Phi) is 8.25. The third kappa shape index (κ3) is 6.23. The van der Waals surface area contributed by atoms with E-state index in [1.807, 2.05) is 20.8 Å². The maximum Gasteiger partial charge on any atom is 0.240 e.